The third kappa shape index (κ3) is 2.89. The minimum absolute atomic E-state index is 0.437. The molecule has 0 fully saturated rings. The highest BCUT2D eigenvalue weighted by molar-refractivity contribution is 7.10. The van der Waals surface area contributed by atoms with E-state index in [4.69, 9.17) is 4.74 Å². The lowest BCUT2D eigenvalue weighted by Gasteiger charge is -2.28. The second kappa shape index (κ2) is 5.98. The van der Waals surface area contributed by atoms with Gasteiger partial charge in [-0.25, -0.2) is 0 Å². The number of nitrogens with one attached hydrogen (secondary N) is 1. The molecule has 3 heteroatoms. The van der Waals surface area contributed by atoms with E-state index in [2.05, 4.69) is 48.0 Å². The van der Waals surface area contributed by atoms with Gasteiger partial charge in [0.1, 0.15) is 5.75 Å². The molecule has 0 saturated carbocycles. The monoisotopic (exact) mass is 287 g/mol. The largest absolute Gasteiger partial charge is 0.497 e. The fraction of sp³-hybridized carbons (Fsp3) is 0.412. The topological polar surface area (TPSA) is 21.3 Å². The van der Waals surface area contributed by atoms with E-state index in [1.165, 1.54) is 22.4 Å². The molecule has 1 aromatic carbocycles. The minimum atomic E-state index is 0.437. The molecule has 20 heavy (non-hydrogen) atoms. The van der Waals surface area contributed by atoms with Gasteiger partial charge in [0, 0.05) is 17.0 Å². The maximum atomic E-state index is 5.34. The molecule has 2 atom stereocenters. The molecule has 1 N–H and O–H groups in total. The fourth-order valence-corrected chi connectivity index (χ4v) is 3.72. The highest BCUT2D eigenvalue weighted by Crippen LogP contribution is 2.27. The predicted octanol–water partition coefficient (Wildman–Crippen LogP) is 3.96. The van der Waals surface area contributed by atoms with Gasteiger partial charge in [-0.3, -0.25) is 0 Å². The summed E-state index contributed by atoms with van der Waals surface area (Å²) in [7, 11) is 1.74. The van der Waals surface area contributed by atoms with Gasteiger partial charge in [0.15, 0.2) is 0 Å². The molecular formula is C17H21NOS. The number of thiophene rings is 1. The summed E-state index contributed by atoms with van der Waals surface area (Å²) in [5.74, 6) is 0.968. The summed E-state index contributed by atoms with van der Waals surface area (Å²) in [5.41, 5.74) is 2.92. The highest BCUT2D eigenvalue weighted by Gasteiger charge is 2.21. The van der Waals surface area contributed by atoms with E-state index in [0.29, 0.717) is 12.1 Å². The van der Waals surface area contributed by atoms with Crippen molar-refractivity contribution in [2.24, 2.45) is 0 Å². The zero-order valence-electron chi connectivity index (χ0n) is 12.1. The summed E-state index contributed by atoms with van der Waals surface area (Å²) in [6.45, 7) is 2.26. The Morgan fingerprint density at radius 3 is 2.95 bits per heavy atom. The zero-order chi connectivity index (χ0) is 13.9. The SMILES string of the molecule is COc1ccc2c(c1)CC(N[C@@H](C)c1cccs1)CC2. The van der Waals surface area contributed by atoms with Crippen molar-refractivity contribution < 1.29 is 4.74 Å². The van der Waals surface area contributed by atoms with Crippen molar-refractivity contribution in [1.82, 2.24) is 5.32 Å². The molecule has 1 aromatic heterocycles. The van der Waals surface area contributed by atoms with Crippen molar-refractivity contribution in [3.8, 4) is 5.75 Å². The maximum absolute atomic E-state index is 5.34. The number of methoxy groups -OCH3 is 1. The van der Waals surface area contributed by atoms with Crippen molar-refractivity contribution in [3.63, 3.8) is 0 Å². The number of hydrogen-bond acceptors (Lipinski definition) is 3. The lowest BCUT2D eigenvalue weighted by Crippen LogP contribution is -2.36. The smallest absolute Gasteiger partial charge is 0.119 e. The second-order valence-corrected chi connectivity index (χ2v) is 6.46. The summed E-state index contributed by atoms with van der Waals surface area (Å²) < 4.78 is 5.34. The third-order valence-corrected chi connectivity index (χ3v) is 5.15. The minimum Gasteiger partial charge on any atom is -0.497 e. The van der Waals surface area contributed by atoms with Crippen LogP contribution in [0.2, 0.25) is 0 Å². The lowest BCUT2D eigenvalue weighted by molar-refractivity contribution is 0.404. The van der Waals surface area contributed by atoms with Gasteiger partial charge < -0.3 is 10.1 Å². The lowest BCUT2D eigenvalue weighted by atomic mass is 9.88. The number of ether oxygens (including phenoxy) is 1. The van der Waals surface area contributed by atoms with Gasteiger partial charge in [0.05, 0.1) is 7.11 Å². The van der Waals surface area contributed by atoms with E-state index in [0.717, 1.165) is 18.6 Å². The second-order valence-electron chi connectivity index (χ2n) is 5.48. The van der Waals surface area contributed by atoms with Crippen LogP contribution in [0.1, 0.15) is 35.4 Å². The van der Waals surface area contributed by atoms with Crippen molar-refractivity contribution >= 4 is 11.3 Å². The van der Waals surface area contributed by atoms with Gasteiger partial charge in [-0.15, -0.1) is 11.3 Å². The Bertz CT molecular complexity index is 564. The van der Waals surface area contributed by atoms with Crippen molar-refractivity contribution in [1.29, 1.82) is 0 Å². The van der Waals surface area contributed by atoms with Crippen molar-refractivity contribution in [2.75, 3.05) is 7.11 Å². The molecule has 0 saturated heterocycles. The number of aryl methyl sites for hydroxylation is 1. The van der Waals surface area contributed by atoms with E-state index < -0.39 is 0 Å². The van der Waals surface area contributed by atoms with Gasteiger partial charge in [-0.2, -0.15) is 0 Å². The molecule has 106 valence electrons. The van der Waals surface area contributed by atoms with Gasteiger partial charge in [0.25, 0.3) is 0 Å². The number of hydrogen-bond donors (Lipinski definition) is 1. The Labute approximate surface area is 124 Å². The van der Waals surface area contributed by atoms with Gasteiger partial charge in [-0.05, 0) is 60.9 Å². The normalized spacial score (nSPS) is 19.4. The highest BCUT2D eigenvalue weighted by atomic mass is 32.1. The summed E-state index contributed by atoms with van der Waals surface area (Å²) in [6.07, 6.45) is 3.48. The number of fused-ring (bicyclic) bond motifs is 1. The van der Waals surface area contributed by atoms with E-state index >= 15 is 0 Å². The standard InChI is InChI=1S/C17H21NOS/c1-12(17-4-3-9-20-17)18-15-7-5-13-6-8-16(19-2)11-14(13)10-15/h3-4,6,8-9,11-12,15,18H,5,7,10H2,1-2H3/t12-,15?/m0/s1. The van der Waals surface area contributed by atoms with Crippen LogP contribution in [-0.4, -0.2) is 13.2 Å². The van der Waals surface area contributed by atoms with Gasteiger partial charge in [0.2, 0.25) is 0 Å². The molecule has 3 rings (SSSR count). The molecule has 1 unspecified atom stereocenters. The molecule has 1 aliphatic rings. The maximum Gasteiger partial charge on any atom is 0.119 e. The molecular weight excluding hydrogens is 266 g/mol. The molecule has 0 radical (unpaired) electrons. The number of benzene rings is 1. The Balaban J connectivity index is 1.68. The van der Waals surface area contributed by atoms with E-state index in [1.54, 1.807) is 7.11 Å². The predicted molar refractivity (Wildman–Crippen MR) is 84.7 cm³/mol. The first-order valence-electron chi connectivity index (χ1n) is 7.21. The van der Waals surface area contributed by atoms with Crippen molar-refractivity contribution in [2.45, 2.75) is 38.3 Å². The van der Waals surface area contributed by atoms with Crippen LogP contribution in [0, 0.1) is 0 Å². The van der Waals surface area contributed by atoms with E-state index in [-0.39, 0.29) is 0 Å². The Kier molecular flexibility index (Phi) is 4.08. The molecule has 0 spiro atoms. The van der Waals surface area contributed by atoms with Crippen LogP contribution >= 0.6 is 11.3 Å². The van der Waals surface area contributed by atoms with Crippen LogP contribution in [0.4, 0.5) is 0 Å². The van der Waals surface area contributed by atoms with Crippen LogP contribution in [0.25, 0.3) is 0 Å². The van der Waals surface area contributed by atoms with Gasteiger partial charge in [-0.1, -0.05) is 12.1 Å². The molecule has 2 aromatic rings. The van der Waals surface area contributed by atoms with Crippen LogP contribution < -0.4 is 10.1 Å². The molecule has 0 bridgehead atoms. The summed E-state index contributed by atoms with van der Waals surface area (Å²) in [5, 5.41) is 5.92. The van der Waals surface area contributed by atoms with Crippen LogP contribution in [-0.2, 0) is 12.8 Å². The molecule has 0 amide bonds. The summed E-state index contributed by atoms with van der Waals surface area (Å²) >= 11 is 1.83. The molecule has 2 nitrogen and oxygen atoms in total. The van der Waals surface area contributed by atoms with Crippen LogP contribution in [0.5, 0.6) is 5.75 Å². The summed E-state index contributed by atoms with van der Waals surface area (Å²) in [6, 6.07) is 11.8. The van der Waals surface area contributed by atoms with E-state index in [1.807, 2.05) is 11.3 Å². The summed E-state index contributed by atoms with van der Waals surface area (Å²) in [4.78, 5) is 1.42. The molecule has 1 heterocycles. The Morgan fingerprint density at radius 2 is 2.20 bits per heavy atom. The van der Waals surface area contributed by atoms with Gasteiger partial charge >= 0.3 is 0 Å². The average Bonchev–Trinajstić information content (AvgIpc) is 3.00. The third-order valence-electron chi connectivity index (χ3n) is 4.10. The fourth-order valence-electron chi connectivity index (χ4n) is 2.98. The average molecular weight is 287 g/mol. The van der Waals surface area contributed by atoms with Crippen LogP contribution in [0.3, 0.4) is 0 Å². The quantitative estimate of drug-likeness (QED) is 0.919. The Hall–Kier alpha value is -1.32. The zero-order valence-corrected chi connectivity index (χ0v) is 12.9. The first-order valence-corrected chi connectivity index (χ1v) is 8.09. The first kappa shape index (κ1) is 13.7. The first-order chi connectivity index (χ1) is 9.76. The molecule has 0 aliphatic heterocycles. The Morgan fingerprint density at radius 1 is 1.30 bits per heavy atom. The van der Waals surface area contributed by atoms with Crippen molar-refractivity contribution in [3.05, 3.63) is 51.7 Å². The van der Waals surface area contributed by atoms with Crippen LogP contribution in [0.15, 0.2) is 35.7 Å². The number of rotatable bonds is 4. The van der Waals surface area contributed by atoms with E-state index in [9.17, 15) is 0 Å². The molecule has 1 aliphatic carbocycles.